The highest BCUT2D eigenvalue weighted by Gasteiger charge is 2.23. The Hall–Kier alpha value is -3.62. The fourth-order valence-corrected chi connectivity index (χ4v) is 3.94. The first-order valence-corrected chi connectivity index (χ1v) is 10.1. The highest BCUT2D eigenvalue weighted by atomic mass is 16.5. The van der Waals surface area contributed by atoms with Gasteiger partial charge in [0.2, 0.25) is 5.78 Å². The molecule has 4 rings (SSSR count). The Morgan fingerprint density at radius 3 is 2.45 bits per heavy atom. The van der Waals surface area contributed by atoms with Crippen LogP contribution in [0.15, 0.2) is 33.9 Å². The molecule has 162 valence electrons. The zero-order valence-corrected chi connectivity index (χ0v) is 18.3. The van der Waals surface area contributed by atoms with E-state index in [1.807, 2.05) is 45.0 Å². The number of carbonyl (C=O) groups is 1. The molecule has 0 N–H and O–H groups in total. The molecule has 0 amide bonds. The van der Waals surface area contributed by atoms with Crippen molar-refractivity contribution < 1.29 is 9.53 Å². The van der Waals surface area contributed by atoms with Crippen LogP contribution in [-0.2, 0) is 29.7 Å². The largest absolute Gasteiger partial charge is 0.465 e. The van der Waals surface area contributed by atoms with Crippen LogP contribution in [0.1, 0.15) is 29.4 Å². The first kappa shape index (κ1) is 20.6. The standard InChI is InChI=1S/C22H25N5O4/c1-6-31-17(28)12-25-14(3)15(4)27-18-19(23-21(25)27)24(5)22(30)26(20(18)29)11-16-10-8-7-9-13(16)2/h7-10H,6,11-12H2,1-5H3. The average molecular weight is 423 g/mol. The summed E-state index contributed by atoms with van der Waals surface area (Å²) >= 11 is 0. The monoisotopic (exact) mass is 423 g/mol. The summed E-state index contributed by atoms with van der Waals surface area (Å²) in [6, 6.07) is 7.66. The third-order valence-electron chi connectivity index (χ3n) is 5.81. The summed E-state index contributed by atoms with van der Waals surface area (Å²) < 4.78 is 11.1. The summed E-state index contributed by atoms with van der Waals surface area (Å²) in [6.07, 6.45) is 0. The van der Waals surface area contributed by atoms with Gasteiger partial charge in [-0.3, -0.25) is 23.1 Å². The molecule has 0 fully saturated rings. The van der Waals surface area contributed by atoms with Gasteiger partial charge in [0.05, 0.1) is 13.2 Å². The number of ether oxygens (including phenoxy) is 1. The minimum atomic E-state index is -0.437. The lowest BCUT2D eigenvalue weighted by Gasteiger charge is -2.10. The van der Waals surface area contributed by atoms with E-state index in [2.05, 4.69) is 4.98 Å². The van der Waals surface area contributed by atoms with Crippen molar-refractivity contribution >= 4 is 22.9 Å². The molecule has 0 atom stereocenters. The molecule has 0 aliphatic carbocycles. The van der Waals surface area contributed by atoms with E-state index in [-0.39, 0.29) is 31.3 Å². The Labute approximate surface area is 178 Å². The van der Waals surface area contributed by atoms with E-state index in [0.717, 1.165) is 22.5 Å². The number of carbonyl (C=O) groups excluding carboxylic acids is 1. The summed E-state index contributed by atoms with van der Waals surface area (Å²) in [7, 11) is 1.60. The third kappa shape index (κ3) is 3.17. The maximum Gasteiger partial charge on any atom is 0.332 e. The average Bonchev–Trinajstić information content (AvgIpc) is 3.23. The highest BCUT2D eigenvalue weighted by molar-refractivity contribution is 5.77. The van der Waals surface area contributed by atoms with Crippen LogP contribution in [0.5, 0.6) is 0 Å². The Morgan fingerprint density at radius 2 is 1.77 bits per heavy atom. The normalized spacial score (nSPS) is 11.5. The van der Waals surface area contributed by atoms with Gasteiger partial charge >= 0.3 is 11.7 Å². The molecule has 0 aliphatic heterocycles. The third-order valence-corrected chi connectivity index (χ3v) is 5.81. The molecule has 31 heavy (non-hydrogen) atoms. The van der Waals surface area contributed by atoms with E-state index in [9.17, 15) is 14.4 Å². The van der Waals surface area contributed by atoms with Crippen LogP contribution in [0.25, 0.3) is 16.9 Å². The van der Waals surface area contributed by atoms with Gasteiger partial charge in [0, 0.05) is 18.4 Å². The van der Waals surface area contributed by atoms with Crippen molar-refractivity contribution in [3.8, 4) is 0 Å². The van der Waals surface area contributed by atoms with E-state index in [4.69, 9.17) is 4.74 Å². The quantitative estimate of drug-likeness (QED) is 0.456. The second kappa shape index (κ2) is 7.57. The van der Waals surface area contributed by atoms with Gasteiger partial charge in [-0.2, -0.15) is 4.98 Å². The first-order valence-electron chi connectivity index (χ1n) is 10.1. The number of imidazole rings is 2. The molecule has 0 unspecified atom stereocenters. The molecule has 3 aromatic heterocycles. The summed E-state index contributed by atoms with van der Waals surface area (Å²) in [5.74, 6) is 0.0415. The van der Waals surface area contributed by atoms with E-state index in [1.165, 1.54) is 9.13 Å². The van der Waals surface area contributed by atoms with Crippen molar-refractivity contribution in [1.29, 1.82) is 0 Å². The van der Waals surface area contributed by atoms with E-state index >= 15 is 0 Å². The minimum Gasteiger partial charge on any atom is -0.465 e. The number of hydrogen-bond acceptors (Lipinski definition) is 5. The Balaban J connectivity index is 2.00. The molecular weight excluding hydrogens is 398 g/mol. The molecule has 0 aliphatic rings. The van der Waals surface area contributed by atoms with Crippen LogP contribution >= 0.6 is 0 Å². The van der Waals surface area contributed by atoms with Gasteiger partial charge in [0.1, 0.15) is 6.54 Å². The fraction of sp³-hybridized carbons (Fsp3) is 0.364. The molecule has 0 bridgehead atoms. The van der Waals surface area contributed by atoms with Crippen molar-refractivity contribution in [3.63, 3.8) is 0 Å². The van der Waals surface area contributed by atoms with Gasteiger partial charge in [-0.25, -0.2) is 4.79 Å². The molecule has 0 radical (unpaired) electrons. The second-order valence-electron chi connectivity index (χ2n) is 7.64. The molecule has 9 nitrogen and oxygen atoms in total. The number of rotatable bonds is 5. The number of esters is 1. The van der Waals surface area contributed by atoms with Gasteiger partial charge in [0.15, 0.2) is 11.2 Å². The van der Waals surface area contributed by atoms with Gasteiger partial charge in [-0.1, -0.05) is 24.3 Å². The van der Waals surface area contributed by atoms with Crippen molar-refractivity contribution in [2.24, 2.45) is 7.05 Å². The molecule has 1 aromatic carbocycles. The smallest absolute Gasteiger partial charge is 0.332 e. The SMILES string of the molecule is CCOC(=O)Cn1c(C)c(C)n2c3c(=O)n(Cc4ccccc4C)c(=O)n(C)c3nc12. The zero-order valence-electron chi connectivity index (χ0n) is 18.3. The van der Waals surface area contributed by atoms with E-state index in [0.29, 0.717) is 11.3 Å². The molecule has 9 heteroatoms. The zero-order chi connectivity index (χ0) is 22.4. The van der Waals surface area contributed by atoms with E-state index in [1.54, 1.807) is 22.9 Å². The predicted molar refractivity (Wildman–Crippen MR) is 117 cm³/mol. The molecule has 3 heterocycles. The highest BCUT2D eigenvalue weighted by Crippen LogP contribution is 2.21. The van der Waals surface area contributed by atoms with Gasteiger partial charge in [-0.05, 0) is 38.8 Å². The number of aromatic nitrogens is 5. The van der Waals surface area contributed by atoms with E-state index < -0.39 is 11.2 Å². The summed E-state index contributed by atoms with van der Waals surface area (Å²) in [4.78, 5) is 43.2. The lowest BCUT2D eigenvalue weighted by Crippen LogP contribution is -2.39. The number of aryl methyl sites for hydroxylation is 3. The van der Waals surface area contributed by atoms with Crippen LogP contribution in [0.3, 0.4) is 0 Å². The van der Waals surface area contributed by atoms with Gasteiger partial charge < -0.3 is 9.30 Å². The fourth-order valence-electron chi connectivity index (χ4n) is 3.94. The summed E-state index contributed by atoms with van der Waals surface area (Å²) in [5, 5.41) is 0. The van der Waals surface area contributed by atoms with Gasteiger partial charge in [-0.15, -0.1) is 0 Å². The maximum atomic E-state index is 13.5. The second-order valence-corrected chi connectivity index (χ2v) is 7.64. The number of hydrogen-bond donors (Lipinski definition) is 0. The van der Waals surface area contributed by atoms with Crippen molar-refractivity contribution in [2.45, 2.75) is 40.8 Å². The van der Waals surface area contributed by atoms with Crippen LogP contribution < -0.4 is 11.2 Å². The van der Waals surface area contributed by atoms with Crippen molar-refractivity contribution in [1.82, 2.24) is 23.1 Å². The van der Waals surface area contributed by atoms with Crippen LogP contribution in [0.4, 0.5) is 0 Å². The summed E-state index contributed by atoms with van der Waals surface area (Å²) in [6.45, 7) is 7.85. The maximum absolute atomic E-state index is 13.5. The molecule has 0 spiro atoms. The first-order chi connectivity index (χ1) is 14.8. The van der Waals surface area contributed by atoms with Crippen LogP contribution in [0.2, 0.25) is 0 Å². The molecule has 0 saturated heterocycles. The summed E-state index contributed by atoms with van der Waals surface area (Å²) in [5.41, 5.74) is 3.23. The molecular formula is C22H25N5O4. The molecule has 0 saturated carbocycles. The topological polar surface area (TPSA) is 92.5 Å². The Bertz CT molecular complexity index is 1450. The predicted octanol–water partition coefficient (Wildman–Crippen LogP) is 1.69. The lowest BCUT2D eigenvalue weighted by atomic mass is 10.1. The van der Waals surface area contributed by atoms with Crippen molar-refractivity contribution in [3.05, 3.63) is 67.6 Å². The number of fused-ring (bicyclic) bond motifs is 3. The Kier molecular flexibility index (Phi) is 5.04. The molecule has 4 aromatic rings. The minimum absolute atomic E-state index is 0.0221. The number of benzene rings is 1. The lowest BCUT2D eigenvalue weighted by molar-refractivity contribution is -0.143. The number of nitrogens with zero attached hydrogens (tertiary/aromatic N) is 5. The van der Waals surface area contributed by atoms with Gasteiger partial charge in [0.25, 0.3) is 5.56 Å². The Morgan fingerprint density at radius 1 is 1.06 bits per heavy atom. The van der Waals surface area contributed by atoms with Crippen LogP contribution in [0, 0.1) is 20.8 Å². The van der Waals surface area contributed by atoms with Crippen LogP contribution in [-0.4, -0.2) is 35.7 Å². The van der Waals surface area contributed by atoms with Crippen molar-refractivity contribution in [2.75, 3.05) is 6.61 Å².